The fourth-order valence-corrected chi connectivity index (χ4v) is 5.46. The number of fused-ring (bicyclic) bond motifs is 4. The molecule has 2 aromatic carbocycles. The quantitative estimate of drug-likeness (QED) is 0.774. The number of carbonyl (C=O) groups is 1. The Morgan fingerprint density at radius 3 is 2.62 bits per heavy atom. The molecule has 5 rings (SSSR count). The van der Waals surface area contributed by atoms with Crippen LogP contribution in [-0.4, -0.2) is 42.0 Å². The normalized spacial score (nSPS) is 22.2. The van der Waals surface area contributed by atoms with E-state index in [1.165, 1.54) is 5.56 Å². The van der Waals surface area contributed by atoms with Crippen LogP contribution in [0.25, 0.3) is 0 Å². The van der Waals surface area contributed by atoms with Crippen molar-refractivity contribution in [1.29, 1.82) is 0 Å². The molecule has 1 spiro atoms. The Morgan fingerprint density at radius 2 is 1.86 bits per heavy atom. The van der Waals surface area contributed by atoms with E-state index in [0.717, 1.165) is 67.8 Å². The molecular weight excluding hydrogens is 365 g/mol. The second-order valence-corrected chi connectivity index (χ2v) is 8.89. The summed E-state index contributed by atoms with van der Waals surface area (Å²) in [7, 11) is 0. The first kappa shape index (κ1) is 18.5. The van der Waals surface area contributed by atoms with E-state index in [4.69, 9.17) is 0 Å². The summed E-state index contributed by atoms with van der Waals surface area (Å²) in [5.41, 5.74) is 5.06. The average Bonchev–Trinajstić information content (AvgIpc) is 3.21. The van der Waals surface area contributed by atoms with Gasteiger partial charge in [0.05, 0.1) is 23.0 Å². The summed E-state index contributed by atoms with van der Waals surface area (Å²) >= 11 is 0. The van der Waals surface area contributed by atoms with Crippen LogP contribution in [0.2, 0.25) is 0 Å². The molecule has 3 aliphatic heterocycles. The third kappa shape index (κ3) is 2.98. The van der Waals surface area contributed by atoms with Crippen molar-refractivity contribution in [2.75, 3.05) is 29.9 Å². The highest BCUT2D eigenvalue weighted by Crippen LogP contribution is 2.47. The summed E-state index contributed by atoms with van der Waals surface area (Å²) in [5, 5.41) is 3.72. The Kier molecular flexibility index (Phi) is 4.30. The maximum Gasteiger partial charge on any atom is 0.253 e. The Hall–Kier alpha value is -2.56. The zero-order valence-electron chi connectivity index (χ0n) is 17.2. The van der Waals surface area contributed by atoms with Crippen LogP contribution in [0.3, 0.4) is 0 Å². The topological polar surface area (TPSA) is 35.6 Å². The molecule has 29 heavy (non-hydrogen) atoms. The molecule has 2 fully saturated rings. The molecular formula is C24H28FN3O. The number of halogens is 1. The average molecular weight is 394 g/mol. The van der Waals surface area contributed by atoms with Gasteiger partial charge in [-0.2, -0.15) is 0 Å². The maximum atomic E-state index is 13.9. The van der Waals surface area contributed by atoms with E-state index >= 15 is 0 Å². The summed E-state index contributed by atoms with van der Waals surface area (Å²) in [4.78, 5) is 17.5. The summed E-state index contributed by atoms with van der Waals surface area (Å²) in [6, 6.07) is 11.5. The number of piperidine rings is 1. The van der Waals surface area contributed by atoms with Crippen molar-refractivity contribution >= 4 is 17.3 Å². The fourth-order valence-electron chi connectivity index (χ4n) is 5.46. The second-order valence-electron chi connectivity index (χ2n) is 8.89. The number of rotatable bonds is 1. The number of hydrogen-bond donors (Lipinski definition) is 1. The first-order valence-corrected chi connectivity index (χ1v) is 10.7. The third-order valence-electron chi connectivity index (χ3n) is 7.24. The first-order valence-electron chi connectivity index (χ1n) is 10.7. The molecule has 3 heterocycles. The minimum absolute atomic E-state index is 0.0860. The molecule has 4 nitrogen and oxygen atoms in total. The van der Waals surface area contributed by atoms with Crippen molar-refractivity contribution in [3.8, 4) is 0 Å². The van der Waals surface area contributed by atoms with Gasteiger partial charge in [-0.05, 0) is 81.0 Å². The highest BCUT2D eigenvalue weighted by molar-refractivity contribution is 5.94. The van der Waals surface area contributed by atoms with Crippen LogP contribution in [-0.2, 0) is 0 Å². The highest BCUT2D eigenvalue weighted by atomic mass is 19.1. The Labute approximate surface area is 171 Å². The predicted octanol–water partition coefficient (Wildman–Crippen LogP) is 4.51. The van der Waals surface area contributed by atoms with Gasteiger partial charge < -0.3 is 15.1 Å². The van der Waals surface area contributed by atoms with Crippen LogP contribution in [0.4, 0.5) is 15.8 Å². The minimum Gasteiger partial charge on any atom is -0.376 e. The number of anilines is 2. The van der Waals surface area contributed by atoms with E-state index in [0.29, 0.717) is 6.04 Å². The number of carbonyl (C=O) groups excluding carboxylic acids is 1. The van der Waals surface area contributed by atoms with Crippen LogP contribution in [0, 0.1) is 19.7 Å². The lowest BCUT2D eigenvalue weighted by Crippen LogP contribution is -2.62. The lowest BCUT2D eigenvalue weighted by Gasteiger charge is -2.53. The number of aryl methyl sites for hydroxylation is 2. The number of nitrogens with zero attached hydrogens (tertiary/aromatic N) is 2. The van der Waals surface area contributed by atoms with E-state index in [2.05, 4.69) is 24.1 Å². The van der Waals surface area contributed by atoms with Gasteiger partial charge in [0.1, 0.15) is 5.82 Å². The third-order valence-corrected chi connectivity index (χ3v) is 7.24. The van der Waals surface area contributed by atoms with Gasteiger partial charge in [0.2, 0.25) is 0 Å². The van der Waals surface area contributed by atoms with Gasteiger partial charge in [0.25, 0.3) is 5.91 Å². The van der Waals surface area contributed by atoms with Crippen molar-refractivity contribution in [3.63, 3.8) is 0 Å². The number of benzene rings is 2. The van der Waals surface area contributed by atoms with E-state index in [-0.39, 0.29) is 17.3 Å². The zero-order chi connectivity index (χ0) is 20.2. The van der Waals surface area contributed by atoms with Crippen molar-refractivity contribution in [2.45, 2.75) is 51.1 Å². The molecule has 1 unspecified atom stereocenters. The number of nitrogens with one attached hydrogen (secondary N) is 1. The van der Waals surface area contributed by atoms with Gasteiger partial charge in [-0.1, -0.05) is 6.07 Å². The van der Waals surface area contributed by atoms with E-state index in [1.807, 2.05) is 29.2 Å². The van der Waals surface area contributed by atoms with Crippen molar-refractivity contribution < 1.29 is 9.18 Å². The molecule has 0 saturated carbocycles. The van der Waals surface area contributed by atoms with Crippen LogP contribution in [0.15, 0.2) is 36.4 Å². The number of likely N-dealkylation sites (tertiary alicyclic amines) is 1. The summed E-state index contributed by atoms with van der Waals surface area (Å²) in [5.74, 6) is -0.0834. The van der Waals surface area contributed by atoms with E-state index in [1.54, 1.807) is 12.1 Å². The standard InChI is InChI=1S/C24H28FN3O/c1-16-5-6-18(14-17(16)2)23(29)27-12-9-24(10-13-27)22-4-3-11-28(22)21-8-7-19(25)15-20(21)26-24/h5-8,14-15,22,26H,3-4,9-13H2,1-2H3. The molecule has 0 aromatic heterocycles. The van der Waals surface area contributed by atoms with E-state index < -0.39 is 0 Å². The molecule has 3 aliphatic rings. The monoisotopic (exact) mass is 393 g/mol. The minimum atomic E-state index is -0.202. The van der Waals surface area contributed by atoms with Gasteiger partial charge in [-0.25, -0.2) is 4.39 Å². The summed E-state index contributed by atoms with van der Waals surface area (Å²) < 4.78 is 13.9. The largest absolute Gasteiger partial charge is 0.376 e. The number of hydrogen-bond acceptors (Lipinski definition) is 3. The van der Waals surface area contributed by atoms with Gasteiger partial charge in [-0.3, -0.25) is 4.79 Å². The van der Waals surface area contributed by atoms with Crippen LogP contribution < -0.4 is 10.2 Å². The Balaban J connectivity index is 1.37. The lowest BCUT2D eigenvalue weighted by molar-refractivity contribution is 0.0666. The summed E-state index contributed by atoms with van der Waals surface area (Å²) in [6.07, 6.45) is 4.09. The van der Waals surface area contributed by atoms with Crippen LogP contribution in [0.5, 0.6) is 0 Å². The molecule has 0 aliphatic carbocycles. The molecule has 152 valence electrons. The van der Waals surface area contributed by atoms with Crippen molar-refractivity contribution in [2.24, 2.45) is 0 Å². The van der Waals surface area contributed by atoms with E-state index in [9.17, 15) is 9.18 Å². The van der Waals surface area contributed by atoms with Crippen LogP contribution in [0.1, 0.15) is 47.2 Å². The fraction of sp³-hybridized carbons (Fsp3) is 0.458. The predicted molar refractivity (Wildman–Crippen MR) is 114 cm³/mol. The number of amides is 1. The molecule has 1 amide bonds. The molecule has 2 aromatic rings. The molecule has 2 saturated heterocycles. The van der Waals surface area contributed by atoms with Gasteiger partial charge in [-0.15, -0.1) is 0 Å². The molecule has 5 heteroatoms. The summed E-state index contributed by atoms with van der Waals surface area (Å²) in [6.45, 7) is 6.60. The van der Waals surface area contributed by atoms with Gasteiger partial charge in [0.15, 0.2) is 0 Å². The maximum absolute atomic E-state index is 13.9. The highest BCUT2D eigenvalue weighted by Gasteiger charge is 2.49. The van der Waals surface area contributed by atoms with Crippen LogP contribution >= 0.6 is 0 Å². The van der Waals surface area contributed by atoms with Crippen molar-refractivity contribution in [1.82, 2.24) is 4.90 Å². The second kappa shape index (κ2) is 6.75. The van der Waals surface area contributed by atoms with Gasteiger partial charge in [0, 0.05) is 25.2 Å². The smallest absolute Gasteiger partial charge is 0.253 e. The molecule has 0 bridgehead atoms. The Bertz CT molecular complexity index is 965. The Morgan fingerprint density at radius 1 is 1.07 bits per heavy atom. The van der Waals surface area contributed by atoms with Gasteiger partial charge >= 0.3 is 0 Å². The molecule has 1 atom stereocenters. The first-order chi connectivity index (χ1) is 14.0. The molecule has 0 radical (unpaired) electrons. The van der Waals surface area contributed by atoms with Crippen molar-refractivity contribution in [3.05, 3.63) is 58.9 Å². The SMILES string of the molecule is Cc1ccc(C(=O)N2CCC3(CC2)Nc2cc(F)ccc2N2CCCC23)cc1C. The lowest BCUT2D eigenvalue weighted by atomic mass is 9.77. The molecule has 1 N–H and O–H groups in total. The zero-order valence-corrected chi connectivity index (χ0v) is 17.2.